The predicted octanol–water partition coefficient (Wildman–Crippen LogP) is 3.59. The lowest BCUT2D eigenvalue weighted by Gasteiger charge is -2.19. The van der Waals surface area contributed by atoms with Crippen molar-refractivity contribution in [2.45, 2.75) is 53.0 Å². The number of hydrogen-bond acceptors (Lipinski definition) is 1. The van der Waals surface area contributed by atoms with Crippen molar-refractivity contribution >= 4 is 5.97 Å². The normalized spacial score (nSPS) is 13.1. The first-order chi connectivity index (χ1) is 7.40. The monoisotopic (exact) mass is 223 g/mol. The summed E-state index contributed by atoms with van der Waals surface area (Å²) in [6.45, 7) is 10.3. The van der Waals surface area contributed by atoms with Crippen LogP contribution in [0.3, 0.4) is 0 Å². The van der Waals surface area contributed by atoms with E-state index in [1.165, 1.54) is 0 Å². The zero-order valence-electron chi connectivity index (χ0n) is 10.7. The third-order valence-corrected chi connectivity index (χ3v) is 3.19. The zero-order chi connectivity index (χ0) is 12.5. The standard InChI is InChI=1S/C13H21NO2/c1-6-9(4)12-7-11(13(15)16)10(5)14(12)8(2)3/h7-9H,6H2,1-5H3,(H,15,16). The maximum Gasteiger partial charge on any atom is 0.337 e. The summed E-state index contributed by atoms with van der Waals surface area (Å²) in [5, 5.41) is 9.13. The van der Waals surface area contributed by atoms with Gasteiger partial charge in [0, 0.05) is 17.4 Å². The molecule has 1 heterocycles. The summed E-state index contributed by atoms with van der Waals surface area (Å²) in [5.41, 5.74) is 2.43. The fourth-order valence-corrected chi connectivity index (χ4v) is 2.14. The van der Waals surface area contributed by atoms with Gasteiger partial charge in [0.25, 0.3) is 0 Å². The Morgan fingerprint density at radius 1 is 1.44 bits per heavy atom. The SMILES string of the molecule is CCC(C)c1cc(C(=O)O)c(C)n1C(C)C. The summed E-state index contributed by atoms with van der Waals surface area (Å²) in [6.07, 6.45) is 1.02. The molecule has 1 aromatic heterocycles. The molecule has 1 N–H and O–H groups in total. The lowest BCUT2D eigenvalue weighted by molar-refractivity contribution is 0.0696. The number of rotatable bonds is 4. The summed E-state index contributed by atoms with van der Waals surface area (Å²) in [4.78, 5) is 11.1. The summed E-state index contributed by atoms with van der Waals surface area (Å²) in [7, 11) is 0. The van der Waals surface area contributed by atoms with Crippen LogP contribution in [0.25, 0.3) is 0 Å². The Labute approximate surface area is 97.1 Å². The molecule has 1 unspecified atom stereocenters. The van der Waals surface area contributed by atoms with Gasteiger partial charge in [-0.15, -0.1) is 0 Å². The molecular weight excluding hydrogens is 202 g/mol. The summed E-state index contributed by atoms with van der Waals surface area (Å²) in [6, 6.07) is 2.13. The molecule has 0 aliphatic heterocycles. The number of nitrogens with zero attached hydrogens (tertiary/aromatic N) is 1. The average molecular weight is 223 g/mol. The molecule has 0 saturated heterocycles. The van der Waals surface area contributed by atoms with Crippen LogP contribution in [0.5, 0.6) is 0 Å². The van der Waals surface area contributed by atoms with Gasteiger partial charge in [-0.25, -0.2) is 4.79 Å². The zero-order valence-corrected chi connectivity index (χ0v) is 10.7. The van der Waals surface area contributed by atoms with E-state index in [9.17, 15) is 4.79 Å². The minimum Gasteiger partial charge on any atom is -0.478 e. The highest BCUT2D eigenvalue weighted by Gasteiger charge is 2.20. The van der Waals surface area contributed by atoms with E-state index in [1.54, 1.807) is 0 Å². The lowest BCUT2D eigenvalue weighted by Crippen LogP contribution is -2.10. The first kappa shape index (κ1) is 12.8. The summed E-state index contributed by atoms with van der Waals surface area (Å²) in [5.74, 6) is -0.435. The van der Waals surface area contributed by atoms with Crippen molar-refractivity contribution in [1.29, 1.82) is 0 Å². The number of hydrogen-bond donors (Lipinski definition) is 1. The molecule has 3 heteroatoms. The second kappa shape index (κ2) is 4.73. The summed E-state index contributed by atoms with van der Waals surface area (Å²) < 4.78 is 2.14. The maximum atomic E-state index is 11.1. The van der Waals surface area contributed by atoms with Crippen LogP contribution in [0.1, 0.15) is 67.8 Å². The minimum absolute atomic E-state index is 0.303. The van der Waals surface area contributed by atoms with Crippen molar-refractivity contribution in [2.75, 3.05) is 0 Å². The van der Waals surface area contributed by atoms with Gasteiger partial charge in [0.15, 0.2) is 0 Å². The molecule has 0 radical (unpaired) electrons. The molecule has 16 heavy (non-hydrogen) atoms. The fraction of sp³-hybridized carbons (Fsp3) is 0.615. The van der Waals surface area contributed by atoms with Gasteiger partial charge in [-0.2, -0.15) is 0 Å². The quantitative estimate of drug-likeness (QED) is 0.847. The molecule has 0 aliphatic rings. The van der Waals surface area contributed by atoms with Crippen LogP contribution in [0.15, 0.2) is 6.07 Å². The van der Waals surface area contributed by atoms with Crippen molar-refractivity contribution in [2.24, 2.45) is 0 Å². The molecule has 90 valence electrons. The Bertz CT molecular complexity index is 391. The van der Waals surface area contributed by atoms with Crippen LogP contribution in [-0.2, 0) is 0 Å². The highest BCUT2D eigenvalue weighted by molar-refractivity contribution is 5.89. The molecule has 0 aliphatic carbocycles. The van der Waals surface area contributed by atoms with Gasteiger partial charge in [-0.05, 0) is 39.2 Å². The molecule has 0 amide bonds. The molecule has 0 bridgehead atoms. The number of carboxylic acid groups (broad SMARTS) is 1. The molecule has 3 nitrogen and oxygen atoms in total. The second-order valence-corrected chi connectivity index (χ2v) is 4.65. The lowest BCUT2D eigenvalue weighted by atomic mass is 10.0. The topological polar surface area (TPSA) is 42.2 Å². The molecule has 0 saturated carbocycles. The van der Waals surface area contributed by atoms with E-state index < -0.39 is 5.97 Å². The average Bonchev–Trinajstić information content (AvgIpc) is 2.54. The number of aromatic nitrogens is 1. The van der Waals surface area contributed by atoms with Gasteiger partial charge in [0.1, 0.15) is 0 Å². The van der Waals surface area contributed by atoms with Gasteiger partial charge in [0.05, 0.1) is 5.56 Å². The number of carboxylic acids is 1. The van der Waals surface area contributed by atoms with E-state index in [4.69, 9.17) is 5.11 Å². The van der Waals surface area contributed by atoms with E-state index in [0.717, 1.165) is 17.8 Å². The Morgan fingerprint density at radius 2 is 2.00 bits per heavy atom. The van der Waals surface area contributed by atoms with E-state index in [2.05, 4.69) is 32.3 Å². The Kier molecular flexibility index (Phi) is 3.79. The number of carbonyl (C=O) groups is 1. The fourth-order valence-electron chi connectivity index (χ4n) is 2.14. The molecular formula is C13H21NO2. The molecule has 0 aromatic carbocycles. The van der Waals surface area contributed by atoms with Crippen molar-refractivity contribution < 1.29 is 9.90 Å². The minimum atomic E-state index is -0.832. The molecule has 1 atom stereocenters. The molecule has 1 aromatic rings. The van der Waals surface area contributed by atoms with Gasteiger partial charge < -0.3 is 9.67 Å². The van der Waals surface area contributed by atoms with Gasteiger partial charge >= 0.3 is 5.97 Å². The Morgan fingerprint density at radius 3 is 2.38 bits per heavy atom. The molecule has 0 fully saturated rings. The van der Waals surface area contributed by atoms with Gasteiger partial charge in [-0.1, -0.05) is 13.8 Å². The van der Waals surface area contributed by atoms with E-state index >= 15 is 0 Å². The third-order valence-electron chi connectivity index (χ3n) is 3.19. The van der Waals surface area contributed by atoms with Crippen LogP contribution in [0, 0.1) is 6.92 Å². The largest absolute Gasteiger partial charge is 0.478 e. The smallest absolute Gasteiger partial charge is 0.337 e. The van der Waals surface area contributed by atoms with Crippen molar-refractivity contribution in [1.82, 2.24) is 4.57 Å². The van der Waals surface area contributed by atoms with E-state index in [-0.39, 0.29) is 0 Å². The van der Waals surface area contributed by atoms with Crippen molar-refractivity contribution in [3.8, 4) is 0 Å². The molecule has 1 rings (SSSR count). The van der Waals surface area contributed by atoms with E-state index in [0.29, 0.717) is 17.5 Å². The van der Waals surface area contributed by atoms with Crippen LogP contribution < -0.4 is 0 Å². The van der Waals surface area contributed by atoms with Crippen LogP contribution >= 0.6 is 0 Å². The maximum absolute atomic E-state index is 11.1. The van der Waals surface area contributed by atoms with Gasteiger partial charge in [-0.3, -0.25) is 0 Å². The van der Waals surface area contributed by atoms with Crippen LogP contribution in [0.4, 0.5) is 0 Å². The second-order valence-electron chi connectivity index (χ2n) is 4.65. The van der Waals surface area contributed by atoms with Crippen LogP contribution in [-0.4, -0.2) is 15.6 Å². The first-order valence-corrected chi connectivity index (χ1v) is 5.85. The third kappa shape index (κ3) is 2.13. The predicted molar refractivity (Wildman–Crippen MR) is 65.2 cm³/mol. The Balaban J connectivity index is 3.36. The molecule has 0 spiro atoms. The first-order valence-electron chi connectivity index (χ1n) is 5.85. The van der Waals surface area contributed by atoms with Crippen LogP contribution in [0.2, 0.25) is 0 Å². The Hall–Kier alpha value is -1.25. The van der Waals surface area contributed by atoms with Gasteiger partial charge in [0.2, 0.25) is 0 Å². The summed E-state index contributed by atoms with van der Waals surface area (Å²) >= 11 is 0. The van der Waals surface area contributed by atoms with Crippen molar-refractivity contribution in [3.63, 3.8) is 0 Å². The highest BCUT2D eigenvalue weighted by Crippen LogP contribution is 2.28. The van der Waals surface area contributed by atoms with E-state index in [1.807, 2.05) is 13.0 Å². The highest BCUT2D eigenvalue weighted by atomic mass is 16.4. The number of aromatic carboxylic acids is 1. The van der Waals surface area contributed by atoms with Crippen molar-refractivity contribution in [3.05, 3.63) is 23.0 Å².